The summed E-state index contributed by atoms with van der Waals surface area (Å²) in [5, 5.41) is 9.53. The Morgan fingerprint density at radius 1 is 0.968 bits per heavy atom. The Morgan fingerprint density at radius 3 is 2.42 bits per heavy atom. The lowest BCUT2D eigenvalue weighted by atomic mass is 10.0. The van der Waals surface area contributed by atoms with Gasteiger partial charge in [-0.3, -0.25) is 0 Å². The molecule has 0 aliphatic rings. The molecule has 0 fully saturated rings. The first-order chi connectivity index (χ1) is 14.8. The molecule has 4 aromatic rings. The van der Waals surface area contributed by atoms with Crippen molar-refractivity contribution in [1.82, 2.24) is 5.16 Å². The summed E-state index contributed by atoms with van der Waals surface area (Å²) in [7, 11) is 0. The summed E-state index contributed by atoms with van der Waals surface area (Å²) in [6.07, 6.45) is -4.82. The summed E-state index contributed by atoms with van der Waals surface area (Å²) in [5.41, 5.74) is 8.74. The van der Waals surface area contributed by atoms with Crippen LogP contribution in [0.15, 0.2) is 71.3 Å². The van der Waals surface area contributed by atoms with Crippen molar-refractivity contribution in [3.05, 3.63) is 66.7 Å². The molecule has 10 heteroatoms. The number of halogens is 3. The van der Waals surface area contributed by atoms with E-state index in [2.05, 4.69) is 20.5 Å². The second-order valence-corrected chi connectivity index (χ2v) is 6.48. The Hall–Kier alpha value is -4.21. The van der Waals surface area contributed by atoms with Crippen LogP contribution in [0.1, 0.15) is 0 Å². The van der Waals surface area contributed by atoms with Gasteiger partial charge in [-0.1, -0.05) is 35.5 Å². The first kappa shape index (κ1) is 20.1. The monoisotopic (exact) mass is 428 g/mol. The maximum absolute atomic E-state index is 12.3. The van der Waals surface area contributed by atoms with E-state index in [-0.39, 0.29) is 11.5 Å². The largest absolute Gasteiger partial charge is 0.573 e. The molecule has 0 unspecified atom stereocenters. The molecule has 4 rings (SSSR count). The number of amides is 2. The summed E-state index contributed by atoms with van der Waals surface area (Å²) in [5.74, 6) is -0.152. The molecule has 3 aromatic carbocycles. The van der Waals surface area contributed by atoms with E-state index in [0.29, 0.717) is 16.7 Å². The Labute approximate surface area is 173 Å². The van der Waals surface area contributed by atoms with Crippen molar-refractivity contribution in [2.24, 2.45) is 0 Å². The molecule has 0 saturated carbocycles. The van der Waals surface area contributed by atoms with Crippen molar-refractivity contribution < 1.29 is 27.2 Å². The Balaban J connectivity index is 1.45. The van der Waals surface area contributed by atoms with Gasteiger partial charge >= 0.3 is 12.4 Å². The molecule has 0 bridgehead atoms. The fourth-order valence-corrected chi connectivity index (χ4v) is 3.05. The van der Waals surface area contributed by atoms with Crippen LogP contribution in [0.4, 0.5) is 35.2 Å². The first-order valence-electron chi connectivity index (χ1n) is 8.97. The maximum atomic E-state index is 12.3. The number of ether oxygens (including phenoxy) is 1. The number of carbonyl (C=O) groups excluding carboxylic acids is 1. The van der Waals surface area contributed by atoms with Crippen LogP contribution in [0, 0.1) is 0 Å². The van der Waals surface area contributed by atoms with Crippen LogP contribution in [0.5, 0.6) is 5.75 Å². The lowest BCUT2D eigenvalue weighted by Crippen LogP contribution is -2.20. The average Bonchev–Trinajstić information content (AvgIpc) is 3.09. The number of nitrogens with zero attached hydrogens (tertiary/aromatic N) is 1. The highest BCUT2D eigenvalue weighted by molar-refractivity contribution is 6.02. The van der Waals surface area contributed by atoms with E-state index in [1.165, 1.54) is 12.1 Å². The van der Waals surface area contributed by atoms with Gasteiger partial charge in [0.1, 0.15) is 5.75 Å². The second-order valence-electron chi connectivity index (χ2n) is 6.48. The van der Waals surface area contributed by atoms with Crippen LogP contribution in [-0.4, -0.2) is 17.6 Å². The summed E-state index contributed by atoms with van der Waals surface area (Å²) in [4.78, 5) is 12.2. The van der Waals surface area contributed by atoms with Gasteiger partial charge in [-0.15, -0.1) is 13.2 Å². The zero-order valence-corrected chi connectivity index (χ0v) is 15.7. The summed E-state index contributed by atoms with van der Waals surface area (Å²) in [6.45, 7) is 0. The van der Waals surface area contributed by atoms with Crippen molar-refractivity contribution in [3.63, 3.8) is 0 Å². The van der Waals surface area contributed by atoms with Gasteiger partial charge in [-0.05, 0) is 41.5 Å². The van der Waals surface area contributed by atoms with Gasteiger partial charge in [0.2, 0.25) is 0 Å². The molecule has 0 aliphatic heterocycles. The number of anilines is 3. The molecule has 7 nitrogen and oxygen atoms in total. The average molecular weight is 428 g/mol. The lowest BCUT2D eigenvalue weighted by molar-refractivity contribution is -0.274. The number of rotatable bonds is 4. The molecule has 0 atom stereocenters. The molecule has 0 spiro atoms. The van der Waals surface area contributed by atoms with Gasteiger partial charge in [0, 0.05) is 17.4 Å². The third-order valence-corrected chi connectivity index (χ3v) is 4.30. The predicted octanol–water partition coefficient (Wildman–Crippen LogP) is 5.62. The van der Waals surface area contributed by atoms with E-state index in [9.17, 15) is 18.0 Å². The second kappa shape index (κ2) is 7.90. The van der Waals surface area contributed by atoms with Crippen LogP contribution in [0.2, 0.25) is 0 Å². The van der Waals surface area contributed by atoms with Crippen LogP contribution in [-0.2, 0) is 0 Å². The molecular formula is C21H15F3N4O3. The highest BCUT2D eigenvalue weighted by Crippen LogP contribution is 2.33. The molecule has 158 valence electrons. The van der Waals surface area contributed by atoms with Crippen molar-refractivity contribution in [2.75, 3.05) is 16.4 Å². The Kier molecular flexibility index (Phi) is 5.12. The number of urea groups is 1. The van der Waals surface area contributed by atoms with E-state index in [0.717, 1.165) is 23.3 Å². The molecule has 4 N–H and O–H groups in total. The number of nitrogens with one attached hydrogen (secondary N) is 2. The van der Waals surface area contributed by atoms with Crippen molar-refractivity contribution >= 4 is 34.2 Å². The quantitative estimate of drug-likeness (QED) is 0.392. The van der Waals surface area contributed by atoms with Gasteiger partial charge in [0.05, 0.1) is 5.39 Å². The van der Waals surface area contributed by atoms with Crippen molar-refractivity contribution in [1.29, 1.82) is 0 Å². The topological polar surface area (TPSA) is 102 Å². The number of carbonyl (C=O) groups is 1. The molecule has 0 aliphatic carbocycles. The number of aromatic nitrogens is 1. The molecule has 2 amide bonds. The molecule has 1 heterocycles. The van der Waals surface area contributed by atoms with Gasteiger partial charge in [-0.25, -0.2) is 4.79 Å². The fraction of sp³-hybridized carbons (Fsp3) is 0.0476. The van der Waals surface area contributed by atoms with Gasteiger partial charge in [-0.2, -0.15) is 0 Å². The van der Waals surface area contributed by atoms with E-state index in [1.807, 2.05) is 12.1 Å². The molecule has 0 saturated heterocycles. The van der Waals surface area contributed by atoms with Crippen molar-refractivity contribution in [2.45, 2.75) is 6.36 Å². The predicted molar refractivity (Wildman–Crippen MR) is 110 cm³/mol. The highest BCUT2D eigenvalue weighted by Gasteiger charge is 2.31. The number of hydrogen-bond acceptors (Lipinski definition) is 5. The smallest absolute Gasteiger partial charge is 0.406 e. The number of alkyl halides is 3. The van der Waals surface area contributed by atoms with E-state index in [1.54, 1.807) is 30.3 Å². The Bertz CT molecular complexity index is 1240. The first-order valence-corrected chi connectivity index (χ1v) is 8.97. The van der Waals surface area contributed by atoms with E-state index >= 15 is 0 Å². The number of nitrogens with two attached hydrogens (primary N) is 1. The van der Waals surface area contributed by atoms with Gasteiger partial charge < -0.3 is 25.6 Å². The third-order valence-electron chi connectivity index (χ3n) is 4.30. The van der Waals surface area contributed by atoms with Gasteiger partial charge in [0.15, 0.2) is 11.4 Å². The minimum absolute atomic E-state index is 0.144. The lowest BCUT2D eigenvalue weighted by Gasteiger charge is -2.11. The zero-order valence-electron chi connectivity index (χ0n) is 15.7. The molecule has 1 aromatic heterocycles. The standard InChI is InChI=1S/C21H15F3N4O3/c22-21(23,24)30-15-4-1-3-14(11-15)27-20(29)26-13-9-7-12(8-10-13)16-5-2-6-17-18(16)19(25)28-31-17/h1-11H,(H2,25,28)(H2,26,27,29). The maximum Gasteiger partial charge on any atom is 0.573 e. The minimum atomic E-state index is -4.82. The van der Waals surface area contributed by atoms with E-state index in [4.69, 9.17) is 10.3 Å². The SMILES string of the molecule is Nc1noc2cccc(-c3ccc(NC(=O)Nc4cccc(OC(F)(F)F)c4)cc3)c12. The van der Waals surface area contributed by atoms with Crippen LogP contribution in [0.3, 0.4) is 0 Å². The number of benzene rings is 3. The van der Waals surface area contributed by atoms with Gasteiger partial charge in [0.25, 0.3) is 0 Å². The van der Waals surface area contributed by atoms with Crippen molar-refractivity contribution in [3.8, 4) is 16.9 Å². The highest BCUT2D eigenvalue weighted by atomic mass is 19.4. The van der Waals surface area contributed by atoms with Crippen LogP contribution < -0.4 is 21.1 Å². The van der Waals surface area contributed by atoms with Crippen LogP contribution >= 0.6 is 0 Å². The summed E-state index contributed by atoms with van der Waals surface area (Å²) >= 11 is 0. The number of nitrogen functional groups attached to an aromatic ring is 1. The number of fused-ring (bicyclic) bond motifs is 1. The summed E-state index contributed by atoms with van der Waals surface area (Å²) in [6, 6.07) is 16.8. The molecular weight excluding hydrogens is 413 g/mol. The third kappa shape index (κ3) is 4.69. The number of hydrogen-bond donors (Lipinski definition) is 3. The Morgan fingerprint density at radius 2 is 1.68 bits per heavy atom. The minimum Gasteiger partial charge on any atom is -0.406 e. The van der Waals surface area contributed by atoms with Crippen LogP contribution in [0.25, 0.3) is 22.1 Å². The molecule has 31 heavy (non-hydrogen) atoms. The fourth-order valence-electron chi connectivity index (χ4n) is 3.05. The summed E-state index contributed by atoms with van der Waals surface area (Å²) < 4.78 is 46.0. The van der Waals surface area contributed by atoms with E-state index < -0.39 is 18.1 Å². The molecule has 0 radical (unpaired) electrons. The zero-order chi connectivity index (χ0) is 22.0. The normalized spacial score (nSPS) is 11.3.